The van der Waals surface area contributed by atoms with E-state index in [4.69, 9.17) is 18.9 Å². The number of esters is 2. The number of rotatable bonds is 9. The highest BCUT2D eigenvalue weighted by atomic mass is 16.5. The van der Waals surface area contributed by atoms with E-state index in [1.54, 1.807) is 45.9 Å². The Kier molecular flexibility index (Phi) is 8.21. The molecule has 0 fully saturated rings. The molecular formula is C23H29NO6. The van der Waals surface area contributed by atoms with Crippen LogP contribution in [0.15, 0.2) is 18.2 Å². The van der Waals surface area contributed by atoms with Gasteiger partial charge in [-0.3, -0.25) is 4.98 Å². The van der Waals surface area contributed by atoms with E-state index in [1.807, 2.05) is 13.8 Å². The molecule has 0 spiro atoms. The first kappa shape index (κ1) is 23.2. The Morgan fingerprint density at radius 2 is 1.27 bits per heavy atom. The maximum absolute atomic E-state index is 12.8. The summed E-state index contributed by atoms with van der Waals surface area (Å²) in [6.07, 6.45) is 0. The smallest absolute Gasteiger partial charge is 0.340 e. The first-order chi connectivity index (χ1) is 14.4. The van der Waals surface area contributed by atoms with E-state index in [-0.39, 0.29) is 24.3 Å². The van der Waals surface area contributed by atoms with Crippen LogP contribution in [0.4, 0.5) is 0 Å². The van der Waals surface area contributed by atoms with Crippen LogP contribution in [0.1, 0.15) is 59.8 Å². The number of ether oxygens (including phenoxy) is 4. The molecule has 2 rings (SSSR count). The van der Waals surface area contributed by atoms with Crippen LogP contribution in [0.5, 0.6) is 11.5 Å². The van der Waals surface area contributed by atoms with E-state index < -0.39 is 11.9 Å². The Bertz CT molecular complexity index is 880. The minimum Gasteiger partial charge on any atom is -0.490 e. The van der Waals surface area contributed by atoms with Gasteiger partial charge in [-0.05, 0) is 59.2 Å². The molecule has 7 heteroatoms. The Morgan fingerprint density at radius 1 is 0.767 bits per heavy atom. The average molecular weight is 415 g/mol. The number of hydrogen-bond donors (Lipinski definition) is 0. The lowest BCUT2D eigenvalue weighted by molar-refractivity contribution is 0.0525. The van der Waals surface area contributed by atoms with E-state index in [0.717, 1.165) is 0 Å². The van der Waals surface area contributed by atoms with Crippen molar-refractivity contribution in [3.05, 3.63) is 40.7 Å². The van der Waals surface area contributed by atoms with Crippen molar-refractivity contribution in [2.45, 2.75) is 41.5 Å². The van der Waals surface area contributed by atoms with Crippen molar-refractivity contribution < 1.29 is 28.5 Å². The van der Waals surface area contributed by atoms with Crippen molar-refractivity contribution in [2.24, 2.45) is 0 Å². The van der Waals surface area contributed by atoms with Gasteiger partial charge >= 0.3 is 11.9 Å². The third kappa shape index (κ3) is 4.90. The first-order valence-electron chi connectivity index (χ1n) is 10.1. The molecule has 0 aliphatic heterocycles. The highest BCUT2D eigenvalue weighted by Gasteiger charge is 2.28. The number of nitrogens with zero attached hydrogens (tertiary/aromatic N) is 1. The van der Waals surface area contributed by atoms with Gasteiger partial charge in [-0.1, -0.05) is 6.07 Å². The van der Waals surface area contributed by atoms with Crippen LogP contribution in [-0.4, -0.2) is 43.4 Å². The first-order valence-corrected chi connectivity index (χ1v) is 10.1. The molecule has 162 valence electrons. The molecule has 0 saturated carbocycles. The topological polar surface area (TPSA) is 84.0 Å². The van der Waals surface area contributed by atoms with E-state index in [9.17, 15) is 9.59 Å². The van der Waals surface area contributed by atoms with Crippen LogP contribution >= 0.6 is 0 Å². The second-order valence-electron chi connectivity index (χ2n) is 6.38. The standard InChI is InChI=1S/C23H29NO6/c1-7-27-17-12-11-16(13-18(17)28-8-2)21-19(22(25)29-9-3)14(5)24-15(6)20(21)23(26)30-10-4/h11-13H,7-10H2,1-6H3. The molecule has 1 heterocycles. The SMILES string of the molecule is CCOC(=O)c1c(C)nc(C)c(C(=O)OCC)c1-c1ccc(OCC)c(OCC)c1. The van der Waals surface area contributed by atoms with Gasteiger partial charge in [0.05, 0.1) is 48.9 Å². The minimum atomic E-state index is -0.546. The minimum absolute atomic E-state index is 0.202. The van der Waals surface area contributed by atoms with Crippen molar-refractivity contribution in [3.63, 3.8) is 0 Å². The van der Waals surface area contributed by atoms with E-state index in [1.165, 1.54) is 0 Å². The average Bonchev–Trinajstić information content (AvgIpc) is 2.69. The van der Waals surface area contributed by atoms with E-state index in [0.29, 0.717) is 47.2 Å². The van der Waals surface area contributed by atoms with E-state index in [2.05, 4.69) is 4.98 Å². The van der Waals surface area contributed by atoms with Crippen molar-refractivity contribution in [1.82, 2.24) is 4.98 Å². The fourth-order valence-corrected chi connectivity index (χ4v) is 3.25. The molecule has 0 bridgehead atoms. The maximum atomic E-state index is 12.8. The molecule has 0 aliphatic rings. The molecule has 0 radical (unpaired) electrons. The van der Waals surface area contributed by atoms with Crippen LogP contribution in [-0.2, 0) is 9.47 Å². The molecule has 0 unspecified atom stereocenters. The number of hydrogen-bond acceptors (Lipinski definition) is 7. The van der Waals surface area contributed by atoms with Crippen molar-refractivity contribution in [3.8, 4) is 22.6 Å². The number of carbonyl (C=O) groups excluding carboxylic acids is 2. The van der Waals surface area contributed by atoms with E-state index >= 15 is 0 Å². The highest BCUT2D eigenvalue weighted by Crippen LogP contribution is 2.38. The molecule has 30 heavy (non-hydrogen) atoms. The molecule has 0 atom stereocenters. The molecule has 1 aromatic heterocycles. The van der Waals surface area contributed by atoms with Gasteiger partial charge < -0.3 is 18.9 Å². The summed E-state index contributed by atoms with van der Waals surface area (Å²) in [7, 11) is 0. The maximum Gasteiger partial charge on any atom is 0.340 e. The molecular weight excluding hydrogens is 386 g/mol. The van der Waals surface area contributed by atoms with Crippen molar-refractivity contribution >= 4 is 11.9 Å². The Balaban J connectivity index is 2.85. The molecule has 7 nitrogen and oxygen atoms in total. The van der Waals surface area contributed by atoms with Gasteiger partial charge in [0.1, 0.15) is 0 Å². The number of pyridine rings is 1. The lowest BCUT2D eigenvalue weighted by Gasteiger charge is -2.19. The van der Waals surface area contributed by atoms with Gasteiger partial charge in [-0.15, -0.1) is 0 Å². The summed E-state index contributed by atoms with van der Waals surface area (Å²) in [5.74, 6) is 0.0133. The molecule has 2 aromatic rings. The quantitative estimate of drug-likeness (QED) is 0.557. The fourth-order valence-electron chi connectivity index (χ4n) is 3.25. The second-order valence-corrected chi connectivity index (χ2v) is 6.38. The van der Waals surface area contributed by atoms with Crippen molar-refractivity contribution in [1.29, 1.82) is 0 Å². The lowest BCUT2D eigenvalue weighted by atomic mass is 9.92. The molecule has 0 aliphatic carbocycles. The predicted octanol–water partition coefficient (Wildman–Crippen LogP) is 4.52. The summed E-state index contributed by atoms with van der Waals surface area (Å²) in [5.41, 5.74) is 2.44. The normalized spacial score (nSPS) is 10.5. The number of benzene rings is 1. The van der Waals surface area contributed by atoms with Crippen molar-refractivity contribution in [2.75, 3.05) is 26.4 Å². The monoisotopic (exact) mass is 415 g/mol. The summed E-state index contributed by atoms with van der Waals surface area (Å²) in [6, 6.07) is 5.31. The number of aromatic nitrogens is 1. The van der Waals surface area contributed by atoms with Gasteiger partial charge in [-0.2, -0.15) is 0 Å². The summed E-state index contributed by atoms with van der Waals surface area (Å²) < 4.78 is 21.9. The fraction of sp³-hybridized carbons (Fsp3) is 0.435. The van der Waals surface area contributed by atoms with Crippen LogP contribution < -0.4 is 9.47 Å². The summed E-state index contributed by atoms with van der Waals surface area (Å²) in [6.45, 7) is 12.0. The zero-order valence-corrected chi connectivity index (χ0v) is 18.5. The zero-order valence-electron chi connectivity index (χ0n) is 18.5. The molecule has 0 saturated heterocycles. The Morgan fingerprint density at radius 3 is 1.73 bits per heavy atom. The summed E-state index contributed by atoms with van der Waals surface area (Å²) in [4.78, 5) is 30.0. The van der Waals surface area contributed by atoms with Crippen LogP contribution in [0, 0.1) is 13.8 Å². The van der Waals surface area contributed by atoms with Gasteiger partial charge in [0.25, 0.3) is 0 Å². The van der Waals surface area contributed by atoms with Gasteiger partial charge in [0.2, 0.25) is 0 Å². The van der Waals surface area contributed by atoms with Crippen LogP contribution in [0.2, 0.25) is 0 Å². The number of carbonyl (C=O) groups is 2. The third-order valence-corrected chi connectivity index (χ3v) is 4.35. The van der Waals surface area contributed by atoms with Gasteiger partial charge in [-0.25, -0.2) is 9.59 Å². The second kappa shape index (κ2) is 10.6. The van der Waals surface area contributed by atoms with Crippen LogP contribution in [0.3, 0.4) is 0 Å². The number of aryl methyl sites for hydroxylation is 2. The zero-order chi connectivity index (χ0) is 22.3. The lowest BCUT2D eigenvalue weighted by Crippen LogP contribution is -2.17. The molecule has 0 N–H and O–H groups in total. The largest absolute Gasteiger partial charge is 0.490 e. The summed E-state index contributed by atoms with van der Waals surface area (Å²) >= 11 is 0. The van der Waals surface area contributed by atoms with Gasteiger partial charge in [0.15, 0.2) is 11.5 Å². The van der Waals surface area contributed by atoms with Gasteiger partial charge in [0, 0.05) is 5.56 Å². The highest BCUT2D eigenvalue weighted by molar-refractivity contribution is 6.07. The predicted molar refractivity (Wildman–Crippen MR) is 113 cm³/mol. The Labute approximate surface area is 177 Å². The Hall–Kier alpha value is -3.09. The molecule has 1 aromatic carbocycles. The molecule has 0 amide bonds. The third-order valence-electron chi connectivity index (χ3n) is 4.35. The summed E-state index contributed by atoms with van der Waals surface area (Å²) in [5, 5.41) is 0. The van der Waals surface area contributed by atoms with Crippen LogP contribution in [0.25, 0.3) is 11.1 Å².